The summed E-state index contributed by atoms with van der Waals surface area (Å²) in [5, 5.41) is 2.57. The van der Waals surface area contributed by atoms with Crippen molar-refractivity contribution >= 4 is 6.03 Å². The van der Waals surface area contributed by atoms with Gasteiger partial charge in [-0.1, -0.05) is 12.1 Å². The minimum Gasteiger partial charge on any atom is -0.331 e. The van der Waals surface area contributed by atoms with Gasteiger partial charge in [-0.05, 0) is 24.6 Å². The Balaban J connectivity index is 2.65. The lowest BCUT2D eigenvalue weighted by atomic mass is 10.1. The van der Waals surface area contributed by atoms with Gasteiger partial charge in [0.2, 0.25) is 0 Å². The molecule has 0 radical (unpaired) electrons. The normalized spacial score (nSPS) is 11.9. The van der Waals surface area contributed by atoms with Crippen LogP contribution in [0, 0.1) is 5.82 Å². The molecule has 1 atom stereocenters. The van der Waals surface area contributed by atoms with E-state index in [1.165, 1.54) is 12.1 Å². The minimum atomic E-state index is -0.471. The monoisotopic (exact) mass is 197 g/mol. The molecular formula is C9H12FN3O. The molecule has 0 saturated carbocycles. The number of urea groups is 1. The summed E-state index contributed by atoms with van der Waals surface area (Å²) in [6.45, 7) is 1.78. The number of nitrogens with two attached hydrogens (primary N) is 1. The highest BCUT2D eigenvalue weighted by atomic mass is 19.1. The standard InChI is InChI=1S/C9H12FN3O/c1-6(12-9(14)13-11)7-2-4-8(10)5-3-7/h2-6H,11H2,1H3,(H2,12,13,14). The Morgan fingerprint density at radius 2 is 2.00 bits per heavy atom. The Morgan fingerprint density at radius 3 is 2.50 bits per heavy atom. The molecule has 14 heavy (non-hydrogen) atoms. The largest absolute Gasteiger partial charge is 0.331 e. The second-order valence-electron chi connectivity index (χ2n) is 2.89. The van der Waals surface area contributed by atoms with Crippen LogP contribution >= 0.6 is 0 Å². The Morgan fingerprint density at radius 1 is 1.43 bits per heavy atom. The van der Waals surface area contributed by atoms with Gasteiger partial charge in [-0.2, -0.15) is 0 Å². The highest BCUT2D eigenvalue weighted by molar-refractivity contribution is 5.73. The van der Waals surface area contributed by atoms with Gasteiger partial charge >= 0.3 is 6.03 Å². The zero-order valence-corrected chi connectivity index (χ0v) is 7.75. The molecule has 1 aromatic carbocycles. The van der Waals surface area contributed by atoms with Crippen molar-refractivity contribution in [2.45, 2.75) is 13.0 Å². The molecule has 0 aromatic heterocycles. The van der Waals surface area contributed by atoms with E-state index in [2.05, 4.69) is 5.32 Å². The second-order valence-corrected chi connectivity index (χ2v) is 2.89. The topological polar surface area (TPSA) is 67.2 Å². The fraction of sp³-hybridized carbons (Fsp3) is 0.222. The summed E-state index contributed by atoms with van der Waals surface area (Å²) in [6.07, 6.45) is 0. The van der Waals surface area contributed by atoms with Crippen LogP contribution in [0.1, 0.15) is 18.5 Å². The molecule has 0 aliphatic carbocycles. The van der Waals surface area contributed by atoms with Crippen molar-refractivity contribution in [3.05, 3.63) is 35.6 Å². The summed E-state index contributed by atoms with van der Waals surface area (Å²) in [5.41, 5.74) is 2.77. The molecule has 4 N–H and O–H groups in total. The first-order valence-corrected chi connectivity index (χ1v) is 4.16. The van der Waals surface area contributed by atoms with E-state index in [1.54, 1.807) is 19.1 Å². The highest BCUT2D eigenvalue weighted by Crippen LogP contribution is 2.12. The maximum absolute atomic E-state index is 12.6. The second kappa shape index (κ2) is 4.57. The maximum Gasteiger partial charge on any atom is 0.329 e. The molecule has 0 heterocycles. The third kappa shape index (κ3) is 2.70. The number of hydrazine groups is 1. The van der Waals surface area contributed by atoms with Gasteiger partial charge in [0.05, 0.1) is 6.04 Å². The smallest absolute Gasteiger partial charge is 0.329 e. The molecule has 76 valence electrons. The summed E-state index contributed by atoms with van der Waals surface area (Å²) in [7, 11) is 0. The third-order valence-corrected chi connectivity index (χ3v) is 1.85. The van der Waals surface area contributed by atoms with Gasteiger partial charge in [0, 0.05) is 0 Å². The van der Waals surface area contributed by atoms with Crippen LogP contribution in [0.25, 0.3) is 0 Å². The Hall–Kier alpha value is -1.62. The van der Waals surface area contributed by atoms with E-state index < -0.39 is 6.03 Å². The number of rotatable bonds is 2. The number of halogens is 1. The number of carbonyl (C=O) groups is 1. The summed E-state index contributed by atoms with van der Waals surface area (Å²) in [6, 6.07) is 5.22. The highest BCUT2D eigenvalue weighted by Gasteiger charge is 2.07. The summed E-state index contributed by atoms with van der Waals surface area (Å²) < 4.78 is 12.6. The molecule has 2 amide bonds. The first kappa shape index (κ1) is 10.5. The lowest BCUT2D eigenvalue weighted by Crippen LogP contribution is -2.40. The number of nitrogens with one attached hydrogen (secondary N) is 2. The molecule has 0 aliphatic rings. The van der Waals surface area contributed by atoms with E-state index in [0.29, 0.717) is 0 Å². The molecule has 0 aliphatic heterocycles. The van der Waals surface area contributed by atoms with Gasteiger partial charge < -0.3 is 5.32 Å². The van der Waals surface area contributed by atoms with Gasteiger partial charge in [0.15, 0.2) is 0 Å². The summed E-state index contributed by atoms with van der Waals surface area (Å²) >= 11 is 0. The predicted molar refractivity (Wildman–Crippen MR) is 50.7 cm³/mol. The fourth-order valence-electron chi connectivity index (χ4n) is 1.07. The zero-order valence-electron chi connectivity index (χ0n) is 7.75. The molecule has 0 spiro atoms. The molecule has 1 unspecified atom stereocenters. The predicted octanol–water partition coefficient (Wildman–Crippen LogP) is 1.06. The van der Waals surface area contributed by atoms with E-state index in [-0.39, 0.29) is 11.9 Å². The Kier molecular flexibility index (Phi) is 3.41. The van der Waals surface area contributed by atoms with Gasteiger partial charge in [0.25, 0.3) is 0 Å². The van der Waals surface area contributed by atoms with E-state index in [4.69, 9.17) is 5.84 Å². The van der Waals surface area contributed by atoms with Crippen molar-refractivity contribution in [3.8, 4) is 0 Å². The summed E-state index contributed by atoms with van der Waals surface area (Å²) in [4.78, 5) is 10.8. The van der Waals surface area contributed by atoms with Crippen molar-refractivity contribution in [1.29, 1.82) is 0 Å². The Bertz CT molecular complexity index is 312. The number of carbonyl (C=O) groups excluding carboxylic acids is 1. The van der Waals surface area contributed by atoms with Crippen molar-refractivity contribution < 1.29 is 9.18 Å². The van der Waals surface area contributed by atoms with Crippen LogP contribution in [0.15, 0.2) is 24.3 Å². The van der Waals surface area contributed by atoms with Crippen molar-refractivity contribution in [2.75, 3.05) is 0 Å². The van der Waals surface area contributed by atoms with E-state index >= 15 is 0 Å². The van der Waals surface area contributed by atoms with Crippen molar-refractivity contribution in [3.63, 3.8) is 0 Å². The van der Waals surface area contributed by atoms with E-state index in [9.17, 15) is 9.18 Å². The van der Waals surface area contributed by atoms with E-state index in [0.717, 1.165) is 5.56 Å². The zero-order chi connectivity index (χ0) is 10.6. The summed E-state index contributed by atoms with van der Waals surface area (Å²) in [5.74, 6) is 4.60. The van der Waals surface area contributed by atoms with Crippen LogP contribution in [0.5, 0.6) is 0 Å². The number of benzene rings is 1. The number of amides is 2. The molecule has 0 saturated heterocycles. The first-order valence-electron chi connectivity index (χ1n) is 4.16. The Labute approximate surface area is 81.3 Å². The van der Waals surface area contributed by atoms with Gasteiger partial charge in [0.1, 0.15) is 5.82 Å². The van der Waals surface area contributed by atoms with Crippen molar-refractivity contribution in [2.24, 2.45) is 5.84 Å². The van der Waals surface area contributed by atoms with Crippen LogP contribution in [-0.2, 0) is 0 Å². The fourth-order valence-corrected chi connectivity index (χ4v) is 1.07. The molecule has 1 rings (SSSR count). The van der Waals surface area contributed by atoms with Gasteiger partial charge in [-0.3, -0.25) is 5.43 Å². The molecular weight excluding hydrogens is 185 g/mol. The molecule has 0 fully saturated rings. The lowest BCUT2D eigenvalue weighted by molar-refractivity contribution is 0.238. The average Bonchev–Trinajstić information content (AvgIpc) is 2.18. The third-order valence-electron chi connectivity index (χ3n) is 1.85. The SMILES string of the molecule is CC(NC(=O)NN)c1ccc(F)cc1. The van der Waals surface area contributed by atoms with Gasteiger partial charge in [-0.15, -0.1) is 0 Å². The molecule has 1 aromatic rings. The maximum atomic E-state index is 12.6. The first-order chi connectivity index (χ1) is 6.63. The van der Waals surface area contributed by atoms with Crippen molar-refractivity contribution in [1.82, 2.24) is 10.7 Å². The molecule has 4 nitrogen and oxygen atoms in total. The lowest BCUT2D eigenvalue weighted by Gasteiger charge is -2.13. The van der Waals surface area contributed by atoms with Crippen LogP contribution in [0.2, 0.25) is 0 Å². The van der Waals surface area contributed by atoms with Crippen LogP contribution in [-0.4, -0.2) is 6.03 Å². The number of hydrogen-bond donors (Lipinski definition) is 3. The van der Waals surface area contributed by atoms with Crippen LogP contribution in [0.4, 0.5) is 9.18 Å². The van der Waals surface area contributed by atoms with E-state index in [1.807, 2.05) is 5.43 Å². The quantitative estimate of drug-likeness (QED) is 0.377. The molecule has 0 bridgehead atoms. The van der Waals surface area contributed by atoms with Crippen LogP contribution < -0.4 is 16.6 Å². The minimum absolute atomic E-state index is 0.209. The average molecular weight is 197 g/mol. The van der Waals surface area contributed by atoms with Crippen LogP contribution in [0.3, 0.4) is 0 Å². The number of hydrogen-bond acceptors (Lipinski definition) is 2. The molecule has 5 heteroatoms. The van der Waals surface area contributed by atoms with Gasteiger partial charge in [-0.25, -0.2) is 15.0 Å².